The first kappa shape index (κ1) is 18.9. The summed E-state index contributed by atoms with van der Waals surface area (Å²) in [5.41, 5.74) is 4.95. The number of hydrogen-bond acceptors (Lipinski definition) is 5. The summed E-state index contributed by atoms with van der Waals surface area (Å²) in [5, 5.41) is 1.74. The molecule has 2 aromatic rings. The molecule has 1 amide bonds. The quantitative estimate of drug-likeness (QED) is 0.768. The van der Waals surface area contributed by atoms with E-state index in [-0.39, 0.29) is 23.7 Å². The van der Waals surface area contributed by atoms with Crippen LogP contribution in [-0.4, -0.2) is 37.4 Å². The lowest BCUT2D eigenvalue weighted by atomic mass is 10.1. The number of amides is 1. The van der Waals surface area contributed by atoms with Gasteiger partial charge in [0.2, 0.25) is 0 Å². The van der Waals surface area contributed by atoms with Crippen molar-refractivity contribution in [3.63, 3.8) is 0 Å². The number of carbonyl (C=O) groups excluding carboxylic acids is 1. The second-order valence-corrected chi connectivity index (χ2v) is 8.42. The van der Waals surface area contributed by atoms with Gasteiger partial charge in [-0.25, -0.2) is 8.42 Å². The van der Waals surface area contributed by atoms with Crippen molar-refractivity contribution >= 4 is 27.5 Å². The molecule has 8 heteroatoms. The molecule has 0 unspecified atom stereocenters. The Kier molecular flexibility index (Phi) is 5.18. The second kappa shape index (κ2) is 7.92. The summed E-state index contributed by atoms with van der Waals surface area (Å²) in [5.74, 6) is -0.334. The zero-order valence-electron chi connectivity index (χ0n) is 15.6. The number of nitrogens with one attached hydrogen (secondary N) is 1. The van der Waals surface area contributed by atoms with Crippen LogP contribution in [0, 0.1) is 0 Å². The molecule has 0 saturated heterocycles. The first-order valence-electron chi connectivity index (χ1n) is 9.17. The van der Waals surface area contributed by atoms with Crippen LogP contribution in [0.4, 0.5) is 5.69 Å². The molecule has 0 fully saturated rings. The van der Waals surface area contributed by atoms with E-state index in [4.69, 9.17) is 0 Å². The number of carbonyl (C=O) groups is 1. The van der Waals surface area contributed by atoms with Crippen LogP contribution in [-0.2, 0) is 21.4 Å². The number of anilines is 1. The van der Waals surface area contributed by atoms with Gasteiger partial charge in [-0.15, -0.1) is 4.40 Å². The number of fused-ring (bicyclic) bond motifs is 1. The van der Waals surface area contributed by atoms with Crippen molar-refractivity contribution < 1.29 is 13.2 Å². The van der Waals surface area contributed by atoms with Crippen molar-refractivity contribution in [1.82, 2.24) is 10.3 Å². The van der Waals surface area contributed by atoms with E-state index in [0.29, 0.717) is 6.54 Å². The van der Waals surface area contributed by atoms with Crippen LogP contribution in [0.2, 0.25) is 0 Å². The predicted octanol–water partition coefficient (Wildman–Crippen LogP) is 2.22. The Bertz CT molecular complexity index is 1090. The molecule has 4 rings (SSSR count). The number of benzene rings is 2. The molecule has 7 nitrogen and oxygen atoms in total. The molecule has 1 N–H and O–H groups in total. The fourth-order valence-electron chi connectivity index (χ4n) is 3.15. The van der Waals surface area contributed by atoms with Gasteiger partial charge in [0.15, 0.2) is 5.84 Å². The SMILES string of the molecule is O=C(NN(Cc1ccccc1)c1ccccc1)C1=CC=CN2CCS(=O)(=O)N=C12. The van der Waals surface area contributed by atoms with Crippen molar-refractivity contribution in [3.05, 3.63) is 90.2 Å². The van der Waals surface area contributed by atoms with E-state index in [1.54, 1.807) is 28.3 Å². The summed E-state index contributed by atoms with van der Waals surface area (Å²) in [6, 6.07) is 19.2. The molecule has 148 valence electrons. The molecule has 0 bridgehead atoms. The van der Waals surface area contributed by atoms with Gasteiger partial charge in [0.1, 0.15) is 0 Å². The fourth-order valence-corrected chi connectivity index (χ4v) is 4.13. The monoisotopic (exact) mass is 408 g/mol. The van der Waals surface area contributed by atoms with Crippen LogP contribution in [0.5, 0.6) is 0 Å². The fraction of sp³-hybridized carbons (Fsp3) is 0.143. The van der Waals surface area contributed by atoms with Crippen LogP contribution in [0.3, 0.4) is 0 Å². The second-order valence-electron chi connectivity index (χ2n) is 6.66. The van der Waals surface area contributed by atoms with Crippen molar-refractivity contribution in [2.45, 2.75) is 6.54 Å². The molecular weight excluding hydrogens is 388 g/mol. The number of hydrazine groups is 1. The number of allylic oxidation sites excluding steroid dienone is 2. The standard InChI is InChI=1S/C21H20N4O3S/c26-21(19-12-7-13-24-14-15-29(27,28)23-20(19)24)22-25(18-10-5-2-6-11-18)16-17-8-3-1-4-9-17/h1-13H,14-16H2,(H,22,26). The van der Waals surface area contributed by atoms with Crippen LogP contribution in [0.25, 0.3) is 0 Å². The lowest BCUT2D eigenvalue weighted by molar-refractivity contribution is -0.117. The maximum atomic E-state index is 13.1. The lowest BCUT2D eigenvalue weighted by Crippen LogP contribution is -2.47. The maximum absolute atomic E-state index is 13.1. The highest BCUT2D eigenvalue weighted by Gasteiger charge is 2.30. The summed E-state index contributed by atoms with van der Waals surface area (Å²) in [6.45, 7) is 0.725. The number of rotatable bonds is 5. The predicted molar refractivity (Wildman–Crippen MR) is 112 cm³/mol. The van der Waals surface area contributed by atoms with Gasteiger partial charge < -0.3 is 4.90 Å². The van der Waals surface area contributed by atoms with Crippen molar-refractivity contribution in [2.75, 3.05) is 17.3 Å². The molecule has 0 radical (unpaired) electrons. The highest BCUT2D eigenvalue weighted by atomic mass is 32.2. The smallest absolute Gasteiger partial charge is 0.273 e. The van der Waals surface area contributed by atoms with Gasteiger partial charge in [-0.3, -0.25) is 15.2 Å². The highest BCUT2D eigenvalue weighted by molar-refractivity contribution is 7.90. The number of amidine groups is 1. The van der Waals surface area contributed by atoms with E-state index in [0.717, 1.165) is 11.3 Å². The van der Waals surface area contributed by atoms with E-state index >= 15 is 0 Å². The minimum absolute atomic E-state index is 0.0696. The number of hydrogen-bond donors (Lipinski definition) is 1. The summed E-state index contributed by atoms with van der Waals surface area (Å²) in [7, 11) is -3.57. The van der Waals surface area contributed by atoms with E-state index in [1.807, 2.05) is 60.7 Å². The average molecular weight is 408 g/mol. The first-order chi connectivity index (χ1) is 14.0. The first-order valence-corrected chi connectivity index (χ1v) is 10.8. The summed E-state index contributed by atoms with van der Waals surface area (Å²) in [4.78, 5) is 14.8. The molecule has 2 aliphatic heterocycles. The highest BCUT2D eigenvalue weighted by Crippen LogP contribution is 2.20. The van der Waals surface area contributed by atoms with E-state index in [1.165, 1.54) is 0 Å². The third-order valence-electron chi connectivity index (χ3n) is 4.59. The van der Waals surface area contributed by atoms with E-state index in [9.17, 15) is 13.2 Å². The Balaban J connectivity index is 1.62. The molecule has 0 atom stereocenters. The minimum atomic E-state index is -3.57. The van der Waals surface area contributed by atoms with Crippen molar-refractivity contribution in [3.8, 4) is 0 Å². The molecule has 2 heterocycles. The molecule has 0 spiro atoms. The zero-order valence-corrected chi connectivity index (χ0v) is 16.4. The largest absolute Gasteiger partial charge is 0.331 e. The summed E-state index contributed by atoms with van der Waals surface area (Å²) < 4.78 is 27.7. The van der Waals surface area contributed by atoms with Gasteiger partial charge in [0.25, 0.3) is 15.9 Å². The van der Waals surface area contributed by atoms with E-state index < -0.39 is 15.9 Å². The third kappa shape index (κ3) is 4.38. The van der Waals surface area contributed by atoms with Gasteiger partial charge in [-0.2, -0.15) is 0 Å². The Hall–Kier alpha value is -3.39. The number of sulfonamides is 1. The molecular formula is C21H20N4O3S. The van der Waals surface area contributed by atoms with Gasteiger partial charge in [-0.1, -0.05) is 48.5 Å². The Labute approximate surface area is 169 Å². The Morgan fingerprint density at radius 1 is 1.07 bits per heavy atom. The third-order valence-corrected chi connectivity index (χ3v) is 5.74. The zero-order chi connectivity index (χ0) is 20.3. The van der Waals surface area contributed by atoms with Crippen LogP contribution >= 0.6 is 0 Å². The molecule has 2 aromatic carbocycles. The van der Waals surface area contributed by atoms with Crippen molar-refractivity contribution in [1.29, 1.82) is 0 Å². The Morgan fingerprint density at radius 2 is 1.76 bits per heavy atom. The average Bonchev–Trinajstić information content (AvgIpc) is 2.73. The van der Waals surface area contributed by atoms with E-state index in [2.05, 4.69) is 9.82 Å². The Morgan fingerprint density at radius 3 is 2.48 bits per heavy atom. The minimum Gasteiger partial charge on any atom is -0.331 e. The van der Waals surface area contributed by atoms with Crippen LogP contribution < -0.4 is 10.4 Å². The van der Waals surface area contributed by atoms with Gasteiger partial charge >= 0.3 is 0 Å². The molecule has 0 saturated carbocycles. The molecule has 0 aliphatic carbocycles. The van der Waals surface area contributed by atoms with Gasteiger partial charge in [-0.05, 0) is 29.8 Å². The normalized spacial score (nSPS) is 17.0. The summed E-state index contributed by atoms with van der Waals surface area (Å²) in [6.07, 6.45) is 5.02. The summed E-state index contributed by atoms with van der Waals surface area (Å²) >= 11 is 0. The van der Waals surface area contributed by atoms with Gasteiger partial charge in [0, 0.05) is 12.7 Å². The molecule has 2 aliphatic rings. The number of para-hydroxylation sites is 1. The molecule has 29 heavy (non-hydrogen) atoms. The van der Waals surface area contributed by atoms with Crippen molar-refractivity contribution in [2.24, 2.45) is 4.40 Å². The van der Waals surface area contributed by atoms with Crippen LogP contribution in [0.1, 0.15) is 5.56 Å². The van der Waals surface area contributed by atoms with Gasteiger partial charge in [0.05, 0.1) is 23.6 Å². The topological polar surface area (TPSA) is 82.1 Å². The maximum Gasteiger partial charge on any atom is 0.273 e. The molecule has 0 aromatic heterocycles. The number of nitrogens with zero attached hydrogens (tertiary/aromatic N) is 3. The van der Waals surface area contributed by atoms with Crippen LogP contribution in [0.15, 0.2) is 89.0 Å². The lowest BCUT2D eigenvalue weighted by Gasteiger charge is -2.31.